The fourth-order valence-electron chi connectivity index (χ4n) is 23.7. The van der Waals surface area contributed by atoms with E-state index in [4.69, 9.17) is 29.9 Å². The van der Waals surface area contributed by atoms with Crippen LogP contribution in [0.3, 0.4) is 0 Å². The smallest absolute Gasteiger partial charge is 0.238 e. The van der Waals surface area contributed by atoms with Gasteiger partial charge in [0.1, 0.15) is 0 Å². The predicted octanol–water partition coefficient (Wildman–Crippen LogP) is 32.7. The third-order valence-corrected chi connectivity index (χ3v) is 29.5. The van der Waals surface area contributed by atoms with E-state index in [1.165, 1.54) is 118 Å². The normalized spacial score (nSPS) is 12.4. The summed E-state index contributed by atoms with van der Waals surface area (Å²) in [6, 6.07) is 155. The predicted molar refractivity (Wildman–Crippen MR) is 569 cm³/mol. The van der Waals surface area contributed by atoms with Gasteiger partial charge in [0.25, 0.3) is 0 Å². The Morgan fingerprint density at radius 3 is 0.779 bits per heavy atom. The summed E-state index contributed by atoms with van der Waals surface area (Å²) in [5.41, 5.74) is 14.7. The van der Waals surface area contributed by atoms with Crippen molar-refractivity contribution in [2.45, 2.75) is 0 Å². The first-order valence-electron chi connectivity index (χ1n) is 46.5. The molecule has 32 aromatic rings. The SMILES string of the molecule is c1ccc2c(-n3c4ccccc4c4c3ccc3c5ccccc5n(-c5nc(-c6cc7ccc8cccc9ccc(c6)c7c89)nc(-c6cc7ccc8cccc9ccc(c6)c7c89)n5)c34)cccc2c1.c1ccc2cc(-n3c4ccccc4c4c3ccc3c5ccccc5n(-c5nc(-c6cc7ccc8cccc9ccc(c6)c7c89)nc(-c6cc7ccc8cccc9ccc(c6)c7c89)n5)c34)ccc2c1. The molecule has 6 heterocycles. The monoisotopic (exact) mass is 1720 g/mol. The summed E-state index contributed by atoms with van der Waals surface area (Å²) in [5, 5.41) is 43.4. The second-order valence-electron chi connectivity index (χ2n) is 36.7. The fraction of sp³-hybridized carbons (Fsp3) is 0. The summed E-state index contributed by atoms with van der Waals surface area (Å²) in [7, 11) is 0. The number of hydrogen-bond donors (Lipinski definition) is 0. The van der Waals surface area contributed by atoms with E-state index in [9.17, 15) is 0 Å². The number of nitrogens with zero attached hydrogens (tertiary/aromatic N) is 10. The lowest BCUT2D eigenvalue weighted by Crippen LogP contribution is -2.07. The van der Waals surface area contributed by atoms with Crippen LogP contribution in [-0.2, 0) is 0 Å². The zero-order chi connectivity index (χ0) is 88.4. The molecule has 6 aromatic heterocycles. The van der Waals surface area contributed by atoms with Crippen molar-refractivity contribution in [2.75, 3.05) is 0 Å². The minimum Gasteiger partial charge on any atom is -0.309 e. The molecule has 10 nitrogen and oxygen atoms in total. The molecule has 0 aliphatic rings. The highest BCUT2D eigenvalue weighted by Crippen LogP contribution is 2.49. The molecule has 26 aromatic carbocycles. The average molecular weight is 1720 g/mol. The van der Waals surface area contributed by atoms with Crippen molar-refractivity contribution in [2.24, 2.45) is 0 Å². The van der Waals surface area contributed by atoms with Crippen LogP contribution < -0.4 is 0 Å². The van der Waals surface area contributed by atoms with Crippen molar-refractivity contribution in [3.05, 3.63) is 425 Å². The van der Waals surface area contributed by atoms with Gasteiger partial charge in [-0.2, -0.15) is 19.9 Å². The van der Waals surface area contributed by atoms with Crippen molar-refractivity contribution < 1.29 is 0 Å². The van der Waals surface area contributed by atoms with Gasteiger partial charge in [-0.1, -0.05) is 322 Å². The molecule has 0 spiro atoms. The van der Waals surface area contributed by atoms with Gasteiger partial charge in [0.05, 0.1) is 49.8 Å². The van der Waals surface area contributed by atoms with Crippen molar-refractivity contribution in [3.63, 3.8) is 0 Å². The first-order chi connectivity index (χ1) is 67.4. The summed E-state index contributed by atoms with van der Waals surface area (Å²) in [6.07, 6.45) is 0. The van der Waals surface area contributed by atoms with E-state index in [1.54, 1.807) is 0 Å². The number of para-hydroxylation sites is 4. The van der Waals surface area contributed by atoms with Crippen molar-refractivity contribution >= 4 is 238 Å². The third-order valence-electron chi connectivity index (χ3n) is 29.5. The Morgan fingerprint density at radius 1 is 0.140 bits per heavy atom. The molecular formula is C126H70N10. The van der Waals surface area contributed by atoms with Crippen LogP contribution in [-0.4, -0.2) is 48.2 Å². The van der Waals surface area contributed by atoms with E-state index in [0.717, 1.165) is 153 Å². The van der Waals surface area contributed by atoms with Crippen LogP contribution in [0.25, 0.3) is 307 Å². The minimum atomic E-state index is 0.570. The maximum Gasteiger partial charge on any atom is 0.238 e. The molecule has 0 bridgehead atoms. The lowest BCUT2D eigenvalue weighted by molar-refractivity contribution is 0.955. The fourth-order valence-corrected chi connectivity index (χ4v) is 23.7. The van der Waals surface area contributed by atoms with E-state index in [0.29, 0.717) is 35.2 Å². The highest BCUT2D eigenvalue weighted by molar-refractivity contribution is 6.31. The van der Waals surface area contributed by atoms with Crippen LogP contribution >= 0.6 is 0 Å². The van der Waals surface area contributed by atoms with Crippen LogP contribution in [0.5, 0.6) is 0 Å². The Balaban J connectivity index is 0.000000127. The van der Waals surface area contributed by atoms with Gasteiger partial charge in [-0.25, -0.2) is 9.97 Å². The summed E-state index contributed by atoms with van der Waals surface area (Å²) >= 11 is 0. The molecule has 0 aliphatic heterocycles. The summed E-state index contributed by atoms with van der Waals surface area (Å²) in [6.45, 7) is 0. The van der Waals surface area contributed by atoms with E-state index in [1.807, 2.05) is 0 Å². The largest absolute Gasteiger partial charge is 0.309 e. The third kappa shape index (κ3) is 10.5. The Labute approximate surface area is 774 Å². The molecule has 10 heteroatoms. The molecule has 0 atom stereocenters. The van der Waals surface area contributed by atoms with Gasteiger partial charge in [0.2, 0.25) is 11.9 Å². The van der Waals surface area contributed by atoms with Crippen molar-refractivity contribution in [3.8, 4) is 68.8 Å². The summed E-state index contributed by atoms with van der Waals surface area (Å²) in [4.78, 5) is 33.2. The Kier molecular flexibility index (Phi) is 14.9. The van der Waals surface area contributed by atoms with Crippen LogP contribution in [0.2, 0.25) is 0 Å². The average Bonchev–Trinajstić information content (AvgIpc) is 1.54. The number of benzene rings is 26. The first kappa shape index (κ1) is 73.4. The Bertz CT molecular complexity index is 10200. The van der Waals surface area contributed by atoms with Crippen LogP contribution in [0.4, 0.5) is 0 Å². The number of hydrogen-bond acceptors (Lipinski definition) is 6. The number of fused-ring (bicyclic) bond motifs is 16. The number of aromatic nitrogens is 10. The Morgan fingerprint density at radius 2 is 0.404 bits per heavy atom. The summed E-state index contributed by atoms with van der Waals surface area (Å²) < 4.78 is 9.45. The quantitative estimate of drug-likeness (QED) is 0.141. The van der Waals surface area contributed by atoms with Crippen LogP contribution in [0.15, 0.2) is 425 Å². The van der Waals surface area contributed by atoms with E-state index in [-0.39, 0.29) is 0 Å². The highest BCUT2D eigenvalue weighted by Gasteiger charge is 2.29. The van der Waals surface area contributed by atoms with Crippen molar-refractivity contribution in [1.82, 2.24) is 48.2 Å². The molecule has 0 saturated heterocycles. The minimum absolute atomic E-state index is 0.570. The molecule has 0 radical (unpaired) electrons. The van der Waals surface area contributed by atoms with Crippen molar-refractivity contribution in [1.29, 1.82) is 0 Å². The molecule has 0 fully saturated rings. The topological polar surface area (TPSA) is 97.1 Å². The molecular weight excluding hydrogens is 1650 g/mol. The van der Waals surface area contributed by atoms with E-state index >= 15 is 0 Å². The van der Waals surface area contributed by atoms with Gasteiger partial charge in [0.15, 0.2) is 23.3 Å². The van der Waals surface area contributed by atoms with Gasteiger partial charge in [-0.3, -0.25) is 9.13 Å². The molecule has 0 aliphatic carbocycles. The lowest BCUT2D eigenvalue weighted by atomic mass is 9.92. The first-order valence-corrected chi connectivity index (χ1v) is 46.5. The highest BCUT2D eigenvalue weighted by atomic mass is 15.2. The standard InChI is InChI=1S/2C63H35N5/c1-2-16-47-36(10-1)11-9-21-51(47)67-53-20-6-4-18-50(53)59-54(67)31-30-49-48-17-3-5-19-52(48)68(60(49)59)63-65-61(45-32-41-26-22-37-12-7-13-38-23-27-42(33-45)57(41)55(37)38)64-62(66-63)46-34-43-28-24-39-14-8-15-40-25-29-44(35-46)58(43)56(39)40;1-2-10-41-35-48(28-27-36(41)9-1)67-53-18-6-4-16-51(53)59-54(67)30-29-50-49-15-3-5-17-52(49)68(60(50)59)63-65-61(46-31-42-23-19-37-11-7-12-38-20-24-43(32-46)57(42)55(37)38)64-62(66-63)47-33-44-25-21-39-13-8-14-40-22-26-45(34-47)58(44)56(39)40/h2*1-35H. The van der Waals surface area contributed by atoms with Gasteiger partial charge in [-0.15, -0.1) is 0 Å². The maximum absolute atomic E-state index is 5.58. The van der Waals surface area contributed by atoms with Gasteiger partial charge in [0, 0.05) is 76.4 Å². The van der Waals surface area contributed by atoms with E-state index in [2.05, 4.69) is 443 Å². The molecule has 0 saturated carbocycles. The molecule has 0 amide bonds. The maximum atomic E-state index is 5.58. The zero-order valence-electron chi connectivity index (χ0n) is 72.9. The van der Waals surface area contributed by atoms with Gasteiger partial charge < -0.3 is 9.13 Å². The molecule has 624 valence electrons. The molecule has 0 N–H and O–H groups in total. The summed E-state index contributed by atoms with van der Waals surface area (Å²) in [5.74, 6) is 3.63. The lowest BCUT2D eigenvalue weighted by Gasteiger charge is -2.15. The van der Waals surface area contributed by atoms with Crippen LogP contribution in [0.1, 0.15) is 0 Å². The molecule has 32 rings (SSSR count). The van der Waals surface area contributed by atoms with Gasteiger partial charge >= 0.3 is 0 Å². The van der Waals surface area contributed by atoms with E-state index < -0.39 is 0 Å². The zero-order valence-corrected chi connectivity index (χ0v) is 72.9. The second kappa shape index (κ2) is 27.6. The van der Waals surface area contributed by atoms with Gasteiger partial charge in [-0.05, 0) is 249 Å². The van der Waals surface area contributed by atoms with Crippen LogP contribution in [0, 0.1) is 0 Å². The molecule has 0 unspecified atom stereocenters. The number of rotatable bonds is 8. The second-order valence-corrected chi connectivity index (χ2v) is 36.7. The Hall–Kier alpha value is -18.4. The molecule has 136 heavy (non-hydrogen) atoms.